The van der Waals surface area contributed by atoms with Gasteiger partial charge in [-0.25, -0.2) is 14.0 Å². The van der Waals surface area contributed by atoms with Gasteiger partial charge in [0.1, 0.15) is 17.7 Å². The first-order valence-corrected chi connectivity index (χ1v) is 15.9. The van der Waals surface area contributed by atoms with E-state index in [4.69, 9.17) is 9.47 Å². The summed E-state index contributed by atoms with van der Waals surface area (Å²) in [5, 5.41) is 9.38. The van der Waals surface area contributed by atoms with E-state index in [0.29, 0.717) is 17.7 Å². The number of piperidine rings is 1. The average molecular weight is 756 g/mol. The number of ether oxygens (including phenoxy) is 2. The van der Waals surface area contributed by atoms with E-state index in [2.05, 4.69) is 0 Å². The van der Waals surface area contributed by atoms with E-state index in [0.717, 1.165) is 29.2 Å². The zero-order valence-corrected chi connectivity index (χ0v) is 27.5. The van der Waals surface area contributed by atoms with Gasteiger partial charge in [0.2, 0.25) is 0 Å². The highest BCUT2D eigenvalue weighted by molar-refractivity contribution is 5.89. The third-order valence-electron chi connectivity index (χ3n) is 9.48. The molecule has 2 aliphatic heterocycles. The van der Waals surface area contributed by atoms with Gasteiger partial charge < -0.3 is 14.6 Å². The van der Waals surface area contributed by atoms with Crippen LogP contribution in [0, 0.1) is 12.7 Å². The Morgan fingerprint density at radius 3 is 1.96 bits per heavy atom. The van der Waals surface area contributed by atoms with E-state index in [9.17, 15) is 54.2 Å². The maximum absolute atomic E-state index is 15.6. The SMILES string of the molecule is COc1cc(F)c(-c2ccc(C(=O)O)cc2C)cc1-c1ccc(C(F)(F)F)cc1[C@@H]1CCCC2[C@@H](c3cc(C(F)(F)F)cc(C(F)(F)F)c3)OC(=O)N21. The number of carboxylic acid groups (broad SMARTS) is 1. The summed E-state index contributed by atoms with van der Waals surface area (Å²) in [5.41, 5.74) is -4.48. The van der Waals surface area contributed by atoms with E-state index in [1.165, 1.54) is 38.3 Å². The van der Waals surface area contributed by atoms with Gasteiger partial charge in [-0.1, -0.05) is 12.1 Å². The number of methoxy groups -OCH3 is 1. The molecule has 2 fully saturated rings. The molecule has 6 nitrogen and oxygen atoms in total. The van der Waals surface area contributed by atoms with E-state index in [1.807, 2.05) is 0 Å². The number of carbonyl (C=O) groups is 2. The van der Waals surface area contributed by atoms with Crippen molar-refractivity contribution in [3.05, 3.63) is 111 Å². The fraction of sp³-hybridized carbons (Fsp3) is 0.297. The monoisotopic (exact) mass is 755 g/mol. The first kappa shape index (κ1) is 37.5. The molecular formula is C37H27F10NO5. The fourth-order valence-corrected chi connectivity index (χ4v) is 7.08. The molecular weight excluding hydrogens is 728 g/mol. The molecule has 280 valence electrons. The van der Waals surface area contributed by atoms with Crippen LogP contribution in [0.1, 0.15) is 75.1 Å². The second-order valence-corrected chi connectivity index (χ2v) is 12.7. The molecule has 3 atom stereocenters. The lowest BCUT2D eigenvalue weighted by Gasteiger charge is -2.38. The number of halogens is 10. The summed E-state index contributed by atoms with van der Waals surface area (Å²) in [5.74, 6) is -2.16. The molecule has 16 heteroatoms. The van der Waals surface area contributed by atoms with Crippen molar-refractivity contribution in [3.8, 4) is 28.0 Å². The average Bonchev–Trinajstić information content (AvgIpc) is 3.43. The summed E-state index contributed by atoms with van der Waals surface area (Å²) in [6.45, 7) is 1.54. The maximum atomic E-state index is 15.6. The molecule has 0 aromatic heterocycles. The van der Waals surface area contributed by atoms with Crippen LogP contribution in [0.4, 0.5) is 48.7 Å². The molecule has 0 bridgehead atoms. The lowest BCUT2D eigenvalue weighted by molar-refractivity contribution is -0.143. The number of rotatable bonds is 6. The molecule has 4 aromatic rings. The molecule has 0 aliphatic carbocycles. The Labute approximate surface area is 294 Å². The molecule has 1 amide bonds. The van der Waals surface area contributed by atoms with Gasteiger partial charge in [0, 0.05) is 17.2 Å². The summed E-state index contributed by atoms with van der Waals surface area (Å²) >= 11 is 0. The number of alkyl halides is 9. The quantitative estimate of drug-likeness (QED) is 0.198. The molecule has 1 N–H and O–H groups in total. The molecule has 2 heterocycles. The van der Waals surface area contributed by atoms with Gasteiger partial charge in [0.05, 0.1) is 41.4 Å². The predicted octanol–water partition coefficient (Wildman–Crippen LogP) is 11.0. The van der Waals surface area contributed by atoms with Crippen molar-refractivity contribution in [1.82, 2.24) is 4.90 Å². The normalized spacial score (nSPS) is 19.2. The van der Waals surface area contributed by atoms with Crippen molar-refractivity contribution in [2.24, 2.45) is 0 Å². The highest BCUT2D eigenvalue weighted by atomic mass is 19.4. The minimum atomic E-state index is -5.19. The van der Waals surface area contributed by atoms with E-state index in [1.54, 1.807) is 0 Å². The van der Waals surface area contributed by atoms with Crippen LogP contribution in [0.2, 0.25) is 0 Å². The van der Waals surface area contributed by atoms with E-state index >= 15 is 4.39 Å². The number of hydrogen-bond donors (Lipinski definition) is 1. The Bertz CT molecular complexity index is 2080. The Kier molecular flexibility index (Phi) is 9.40. The summed E-state index contributed by atoms with van der Waals surface area (Å²) < 4.78 is 151. The minimum Gasteiger partial charge on any atom is -0.496 e. The summed E-state index contributed by atoms with van der Waals surface area (Å²) in [6.07, 6.45) is -17.8. The van der Waals surface area contributed by atoms with Crippen molar-refractivity contribution in [2.75, 3.05) is 7.11 Å². The first-order chi connectivity index (χ1) is 24.7. The topological polar surface area (TPSA) is 76.1 Å². The largest absolute Gasteiger partial charge is 0.496 e. The third kappa shape index (κ3) is 7.10. The first-order valence-electron chi connectivity index (χ1n) is 15.9. The van der Waals surface area contributed by atoms with Crippen LogP contribution >= 0.6 is 0 Å². The number of hydrogen-bond acceptors (Lipinski definition) is 4. The second-order valence-electron chi connectivity index (χ2n) is 12.7. The van der Waals surface area contributed by atoms with Crippen molar-refractivity contribution in [2.45, 2.75) is 62.9 Å². The van der Waals surface area contributed by atoms with Gasteiger partial charge in [-0.3, -0.25) is 4.90 Å². The highest BCUT2D eigenvalue weighted by Crippen LogP contribution is 2.51. The second kappa shape index (κ2) is 13.3. The number of cyclic esters (lactones) is 1. The fourth-order valence-electron chi connectivity index (χ4n) is 7.08. The Morgan fingerprint density at radius 1 is 0.774 bits per heavy atom. The highest BCUT2D eigenvalue weighted by Gasteiger charge is 2.50. The summed E-state index contributed by atoms with van der Waals surface area (Å²) in [6, 6.07) is 7.30. The molecule has 1 unspecified atom stereocenters. The summed E-state index contributed by atoms with van der Waals surface area (Å²) in [7, 11) is 1.19. The number of aryl methyl sites for hydroxylation is 1. The molecule has 0 radical (unpaired) electrons. The number of amides is 1. The number of benzene rings is 4. The van der Waals surface area contributed by atoms with Crippen LogP contribution in [-0.4, -0.2) is 35.2 Å². The van der Waals surface area contributed by atoms with Gasteiger partial charge in [-0.15, -0.1) is 0 Å². The smallest absolute Gasteiger partial charge is 0.416 e. The van der Waals surface area contributed by atoms with Gasteiger partial charge in [-0.2, -0.15) is 39.5 Å². The molecule has 53 heavy (non-hydrogen) atoms. The molecule has 0 saturated carbocycles. The zero-order chi connectivity index (χ0) is 38.8. The van der Waals surface area contributed by atoms with Crippen LogP contribution in [0.15, 0.2) is 66.7 Å². The van der Waals surface area contributed by atoms with Crippen LogP contribution in [0.3, 0.4) is 0 Å². The molecule has 6 rings (SSSR count). The standard InChI is InChI=1S/C37H27F10NO5/c1-17-10-18(33(49)50)6-8-23(17)25-15-27(31(52-2)16-28(25)38)24-9-7-20(35(39,40)41)14-26(24)29-4-3-5-30-32(53-34(51)48(29)30)19-11-21(36(42,43)44)13-22(12-19)37(45,46)47/h6-16,29-30,32H,3-5H2,1-2H3,(H,49,50)/t29-,30?,32+/m0/s1. The zero-order valence-electron chi connectivity index (χ0n) is 27.5. The van der Waals surface area contributed by atoms with Crippen molar-refractivity contribution >= 4 is 12.1 Å². The van der Waals surface area contributed by atoms with E-state index in [-0.39, 0.29) is 64.5 Å². The minimum absolute atomic E-state index is 0.0230. The maximum Gasteiger partial charge on any atom is 0.416 e. The lowest BCUT2D eigenvalue weighted by Crippen LogP contribution is -2.41. The predicted molar refractivity (Wildman–Crippen MR) is 168 cm³/mol. The Balaban J connectivity index is 1.50. The molecule has 0 spiro atoms. The molecule has 4 aromatic carbocycles. The number of aromatic carboxylic acids is 1. The summed E-state index contributed by atoms with van der Waals surface area (Å²) in [4.78, 5) is 26.0. The van der Waals surface area contributed by atoms with Gasteiger partial charge in [-0.05, 0) is 103 Å². The van der Waals surface area contributed by atoms with Crippen LogP contribution < -0.4 is 4.74 Å². The number of nitrogens with zero attached hydrogens (tertiary/aromatic N) is 1. The van der Waals surface area contributed by atoms with Crippen molar-refractivity contribution in [3.63, 3.8) is 0 Å². The van der Waals surface area contributed by atoms with E-state index < -0.39 is 76.9 Å². The van der Waals surface area contributed by atoms with Gasteiger partial charge in [0.25, 0.3) is 0 Å². The number of carbonyl (C=O) groups excluding carboxylic acids is 1. The lowest BCUT2D eigenvalue weighted by atomic mass is 9.83. The Hall–Kier alpha value is -5.28. The van der Waals surface area contributed by atoms with Gasteiger partial charge >= 0.3 is 30.6 Å². The van der Waals surface area contributed by atoms with Crippen LogP contribution in [-0.2, 0) is 23.3 Å². The Morgan fingerprint density at radius 2 is 1.40 bits per heavy atom. The number of fused-ring (bicyclic) bond motifs is 1. The van der Waals surface area contributed by atoms with Gasteiger partial charge in [0.15, 0.2) is 0 Å². The van der Waals surface area contributed by atoms with Crippen LogP contribution in [0.25, 0.3) is 22.3 Å². The third-order valence-corrected chi connectivity index (χ3v) is 9.48. The number of carboxylic acids is 1. The van der Waals surface area contributed by atoms with Crippen molar-refractivity contribution < 1.29 is 68.1 Å². The van der Waals surface area contributed by atoms with Crippen molar-refractivity contribution in [1.29, 1.82) is 0 Å². The van der Waals surface area contributed by atoms with Crippen LogP contribution in [0.5, 0.6) is 5.75 Å². The molecule has 2 saturated heterocycles. The molecule has 2 aliphatic rings.